The molecule has 0 aliphatic heterocycles. The molecule has 0 bridgehead atoms. The highest BCUT2D eigenvalue weighted by atomic mass is 15.0. The lowest BCUT2D eigenvalue weighted by Crippen LogP contribution is -2.47. The summed E-state index contributed by atoms with van der Waals surface area (Å²) < 4.78 is 0. The van der Waals surface area contributed by atoms with E-state index in [0.29, 0.717) is 5.41 Å². The average Bonchev–Trinajstić information content (AvgIpc) is 2.22. The van der Waals surface area contributed by atoms with Gasteiger partial charge in [0.05, 0.1) is 0 Å². The molecule has 4 unspecified atom stereocenters. The molecule has 1 nitrogen and oxygen atoms in total. The number of hydrogen-bond acceptors (Lipinski definition) is 1. The number of hydrogen-bond donors (Lipinski definition) is 1. The summed E-state index contributed by atoms with van der Waals surface area (Å²) in [6.45, 7) is 9.74. The zero-order valence-corrected chi connectivity index (χ0v) is 12.3. The second-order valence-electron chi connectivity index (χ2n) is 7.63. The van der Waals surface area contributed by atoms with Crippen molar-refractivity contribution in [3.63, 3.8) is 0 Å². The van der Waals surface area contributed by atoms with Gasteiger partial charge >= 0.3 is 0 Å². The van der Waals surface area contributed by atoms with Crippen LogP contribution in [0.25, 0.3) is 0 Å². The zero-order valence-electron chi connectivity index (χ0n) is 12.3. The van der Waals surface area contributed by atoms with Crippen molar-refractivity contribution in [2.75, 3.05) is 0 Å². The van der Waals surface area contributed by atoms with Crippen LogP contribution in [0.3, 0.4) is 0 Å². The Morgan fingerprint density at radius 2 is 1.82 bits per heavy atom. The second-order valence-corrected chi connectivity index (χ2v) is 7.63. The molecule has 2 aliphatic rings. The first kappa shape index (κ1) is 13.4. The van der Waals surface area contributed by atoms with Crippen LogP contribution in [-0.2, 0) is 0 Å². The van der Waals surface area contributed by atoms with Crippen LogP contribution in [0, 0.1) is 17.3 Å². The largest absolute Gasteiger partial charge is 0.311 e. The summed E-state index contributed by atoms with van der Waals surface area (Å²) in [6.07, 6.45) is 9.89. The van der Waals surface area contributed by atoms with E-state index in [0.717, 1.165) is 23.9 Å². The summed E-state index contributed by atoms with van der Waals surface area (Å²) in [7, 11) is 0. The first-order valence-electron chi connectivity index (χ1n) is 7.72. The predicted molar refractivity (Wildman–Crippen MR) is 75.1 cm³/mol. The third-order valence-corrected chi connectivity index (χ3v) is 5.11. The normalized spacial score (nSPS) is 42.4. The average molecular weight is 237 g/mol. The Morgan fingerprint density at radius 1 is 1.06 bits per heavy atom. The molecular formula is C16H31N. The molecular weight excluding hydrogens is 206 g/mol. The van der Waals surface area contributed by atoms with Crippen LogP contribution in [-0.4, -0.2) is 12.1 Å². The van der Waals surface area contributed by atoms with Crippen molar-refractivity contribution in [3.8, 4) is 0 Å². The van der Waals surface area contributed by atoms with E-state index < -0.39 is 0 Å². The van der Waals surface area contributed by atoms with E-state index in [1.165, 1.54) is 44.9 Å². The molecule has 4 atom stereocenters. The van der Waals surface area contributed by atoms with Gasteiger partial charge in [-0.05, 0) is 49.4 Å². The lowest BCUT2D eigenvalue weighted by Gasteiger charge is -2.41. The van der Waals surface area contributed by atoms with Crippen molar-refractivity contribution in [3.05, 3.63) is 0 Å². The van der Waals surface area contributed by atoms with Gasteiger partial charge in [-0.25, -0.2) is 0 Å². The van der Waals surface area contributed by atoms with Crippen molar-refractivity contribution in [2.45, 2.75) is 84.7 Å². The molecule has 0 spiro atoms. The molecule has 2 rings (SSSR count). The summed E-state index contributed by atoms with van der Waals surface area (Å²) >= 11 is 0. The quantitative estimate of drug-likeness (QED) is 0.752. The molecule has 100 valence electrons. The van der Waals surface area contributed by atoms with Gasteiger partial charge in [0.25, 0.3) is 0 Å². The summed E-state index contributed by atoms with van der Waals surface area (Å²) in [5, 5.41) is 3.99. The van der Waals surface area contributed by atoms with Gasteiger partial charge in [0.15, 0.2) is 0 Å². The summed E-state index contributed by atoms with van der Waals surface area (Å²) in [6, 6.07) is 1.58. The van der Waals surface area contributed by atoms with Crippen molar-refractivity contribution < 1.29 is 0 Å². The Morgan fingerprint density at radius 3 is 2.53 bits per heavy atom. The van der Waals surface area contributed by atoms with E-state index in [9.17, 15) is 0 Å². The van der Waals surface area contributed by atoms with Crippen molar-refractivity contribution in [1.82, 2.24) is 5.32 Å². The molecule has 0 heterocycles. The van der Waals surface area contributed by atoms with E-state index in [1.54, 1.807) is 0 Å². The molecule has 0 aromatic heterocycles. The van der Waals surface area contributed by atoms with E-state index in [1.807, 2.05) is 0 Å². The molecule has 1 N–H and O–H groups in total. The van der Waals surface area contributed by atoms with Crippen LogP contribution in [0.2, 0.25) is 0 Å². The van der Waals surface area contributed by atoms with Gasteiger partial charge in [0.2, 0.25) is 0 Å². The fraction of sp³-hybridized carbons (Fsp3) is 1.00. The molecule has 0 saturated heterocycles. The van der Waals surface area contributed by atoms with Crippen LogP contribution >= 0.6 is 0 Å². The highest BCUT2D eigenvalue weighted by Gasteiger charge is 2.32. The maximum absolute atomic E-state index is 3.99. The lowest BCUT2D eigenvalue weighted by molar-refractivity contribution is 0.152. The van der Waals surface area contributed by atoms with Gasteiger partial charge in [0.1, 0.15) is 0 Å². The maximum atomic E-state index is 3.99. The SMILES string of the molecule is CC1CCC(C)C(NC2CCCC(C)(C)C2)C1. The monoisotopic (exact) mass is 237 g/mol. The zero-order chi connectivity index (χ0) is 12.5. The van der Waals surface area contributed by atoms with Crippen LogP contribution in [0.5, 0.6) is 0 Å². The minimum atomic E-state index is 0.569. The first-order valence-corrected chi connectivity index (χ1v) is 7.72. The van der Waals surface area contributed by atoms with E-state index in [4.69, 9.17) is 0 Å². The topological polar surface area (TPSA) is 12.0 Å². The van der Waals surface area contributed by atoms with Crippen molar-refractivity contribution in [2.24, 2.45) is 17.3 Å². The molecule has 17 heavy (non-hydrogen) atoms. The Balaban J connectivity index is 1.87. The van der Waals surface area contributed by atoms with Crippen molar-refractivity contribution >= 4 is 0 Å². The summed E-state index contributed by atoms with van der Waals surface area (Å²) in [5.41, 5.74) is 0.569. The van der Waals surface area contributed by atoms with Crippen LogP contribution in [0.15, 0.2) is 0 Å². The van der Waals surface area contributed by atoms with Gasteiger partial charge in [-0.2, -0.15) is 0 Å². The fourth-order valence-corrected chi connectivity index (χ4v) is 3.91. The first-order chi connectivity index (χ1) is 7.96. The fourth-order valence-electron chi connectivity index (χ4n) is 3.91. The minimum Gasteiger partial charge on any atom is -0.311 e. The van der Waals surface area contributed by atoms with Crippen molar-refractivity contribution in [1.29, 1.82) is 0 Å². The summed E-state index contributed by atoms with van der Waals surface area (Å²) in [5.74, 6) is 1.82. The Kier molecular flexibility index (Phi) is 4.18. The molecule has 2 fully saturated rings. The van der Waals surface area contributed by atoms with Gasteiger partial charge in [-0.3, -0.25) is 0 Å². The van der Waals surface area contributed by atoms with Gasteiger partial charge in [0, 0.05) is 12.1 Å². The highest BCUT2D eigenvalue weighted by molar-refractivity contribution is 4.89. The van der Waals surface area contributed by atoms with E-state index >= 15 is 0 Å². The van der Waals surface area contributed by atoms with Crippen LogP contribution in [0.1, 0.15) is 72.6 Å². The van der Waals surface area contributed by atoms with Gasteiger partial charge < -0.3 is 5.32 Å². The second kappa shape index (κ2) is 5.30. The highest BCUT2D eigenvalue weighted by Crippen LogP contribution is 2.36. The van der Waals surface area contributed by atoms with Crippen LogP contribution < -0.4 is 5.32 Å². The van der Waals surface area contributed by atoms with Crippen LogP contribution in [0.4, 0.5) is 0 Å². The molecule has 0 aromatic carbocycles. The Hall–Kier alpha value is -0.0400. The number of nitrogens with one attached hydrogen (secondary N) is 1. The molecule has 2 aliphatic carbocycles. The molecule has 0 radical (unpaired) electrons. The number of rotatable bonds is 2. The lowest BCUT2D eigenvalue weighted by atomic mass is 9.74. The Bertz CT molecular complexity index is 246. The third-order valence-electron chi connectivity index (χ3n) is 5.11. The minimum absolute atomic E-state index is 0.569. The molecule has 0 aromatic rings. The van der Waals surface area contributed by atoms with E-state index in [-0.39, 0.29) is 0 Å². The Labute approximate surface area is 108 Å². The van der Waals surface area contributed by atoms with Gasteiger partial charge in [-0.1, -0.05) is 40.5 Å². The van der Waals surface area contributed by atoms with Gasteiger partial charge in [-0.15, -0.1) is 0 Å². The summed E-state index contributed by atoms with van der Waals surface area (Å²) in [4.78, 5) is 0. The van der Waals surface area contributed by atoms with E-state index in [2.05, 4.69) is 33.0 Å². The standard InChI is InChI=1S/C16H31N/c1-12-7-8-13(2)15(10-12)17-14-6-5-9-16(3,4)11-14/h12-15,17H,5-11H2,1-4H3. The predicted octanol–water partition coefficient (Wildman–Crippen LogP) is 4.37. The smallest absolute Gasteiger partial charge is 0.00978 e. The molecule has 0 amide bonds. The molecule has 2 saturated carbocycles. The third kappa shape index (κ3) is 3.71. The molecule has 1 heteroatoms. The maximum Gasteiger partial charge on any atom is 0.00978 e.